The molecule has 1 heterocycles. The number of carbonyl (C=O) groups is 1. The third kappa shape index (κ3) is 3.84. The number of hydrogen-bond donors (Lipinski definition) is 0. The minimum Gasteiger partial charge on any atom is -0.308 e. The number of hydrogen-bond acceptors (Lipinski definition) is 4. The molecular weight excluding hydrogens is 356 g/mol. The van der Waals surface area contributed by atoms with Crippen LogP contribution in [0, 0.1) is 17.6 Å². The number of fused-ring (bicyclic) bond motifs is 1. The Morgan fingerprint density at radius 2 is 2.00 bits per heavy atom. The number of rotatable bonds is 5. The molecule has 24 heavy (non-hydrogen) atoms. The predicted octanol–water partition coefficient (Wildman–Crippen LogP) is 3.69. The third-order valence-corrected chi connectivity index (χ3v) is 5.15. The first kappa shape index (κ1) is 19.0. The van der Waals surface area contributed by atoms with Crippen molar-refractivity contribution in [2.75, 3.05) is 32.1 Å². The Morgan fingerprint density at radius 1 is 1.29 bits per heavy atom. The molecular formula is C16H20ClF2N3OS. The SMILES string of the molecule is CN(C)CCN(C(=O)C1CCC1)c1nc2c(F)cc(F)cc2s1.Cl. The molecule has 0 unspecified atom stereocenters. The number of carbonyl (C=O) groups excluding carboxylic acids is 1. The summed E-state index contributed by atoms with van der Waals surface area (Å²) in [4.78, 5) is 20.5. The quantitative estimate of drug-likeness (QED) is 0.799. The van der Waals surface area contributed by atoms with Gasteiger partial charge in [0.15, 0.2) is 10.9 Å². The van der Waals surface area contributed by atoms with E-state index in [0.29, 0.717) is 22.9 Å². The summed E-state index contributed by atoms with van der Waals surface area (Å²) in [6.07, 6.45) is 2.86. The zero-order chi connectivity index (χ0) is 16.6. The molecule has 0 aliphatic heterocycles. The van der Waals surface area contributed by atoms with Crippen molar-refractivity contribution in [3.63, 3.8) is 0 Å². The van der Waals surface area contributed by atoms with Gasteiger partial charge >= 0.3 is 0 Å². The summed E-state index contributed by atoms with van der Waals surface area (Å²) in [5, 5.41) is 0.447. The van der Waals surface area contributed by atoms with E-state index in [1.807, 2.05) is 19.0 Å². The largest absolute Gasteiger partial charge is 0.308 e. The Hall–Kier alpha value is -1.31. The Bertz CT molecular complexity index is 733. The fraction of sp³-hybridized carbons (Fsp3) is 0.500. The Kier molecular flexibility index (Phi) is 6.11. The number of halogens is 3. The lowest BCUT2D eigenvalue weighted by Crippen LogP contribution is -2.42. The van der Waals surface area contributed by atoms with Crippen LogP contribution in [0.25, 0.3) is 10.2 Å². The van der Waals surface area contributed by atoms with E-state index >= 15 is 0 Å². The number of amides is 1. The van der Waals surface area contributed by atoms with Crippen molar-refractivity contribution in [3.05, 3.63) is 23.8 Å². The van der Waals surface area contributed by atoms with E-state index in [2.05, 4.69) is 4.98 Å². The summed E-state index contributed by atoms with van der Waals surface area (Å²) in [6.45, 7) is 1.18. The van der Waals surface area contributed by atoms with Crippen LogP contribution in [0.1, 0.15) is 19.3 Å². The van der Waals surface area contributed by atoms with Gasteiger partial charge in [0.2, 0.25) is 5.91 Å². The van der Waals surface area contributed by atoms with Gasteiger partial charge in [0.05, 0.1) is 4.70 Å². The topological polar surface area (TPSA) is 36.4 Å². The van der Waals surface area contributed by atoms with Crippen LogP contribution in [0.4, 0.5) is 13.9 Å². The maximum atomic E-state index is 13.9. The van der Waals surface area contributed by atoms with Gasteiger partial charge in [0.1, 0.15) is 11.3 Å². The van der Waals surface area contributed by atoms with E-state index < -0.39 is 11.6 Å². The molecule has 0 bridgehead atoms. The monoisotopic (exact) mass is 375 g/mol. The summed E-state index contributed by atoms with van der Waals surface area (Å²) in [5.74, 6) is -1.25. The number of nitrogens with zero attached hydrogens (tertiary/aromatic N) is 3. The molecule has 1 aromatic carbocycles. The van der Waals surface area contributed by atoms with Crippen molar-refractivity contribution in [1.29, 1.82) is 0 Å². The normalized spacial score (nSPS) is 14.5. The van der Waals surface area contributed by atoms with E-state index in [9.17, 15) is 13.6 Å². The highest BCUT2D eigenvalue weighted by molar-refractivity contribution is 7.22. The average molecular weight is 376 g/mol. The maximum absolute atomic E-state index is 13.9. The van der Waals surface area contributed by atoms with Gasteiger partial charge in [-0.05, 0) is 33.0 Å². The van der Waals surface area contributed by atoms with Crippen molar-refractivity contribution in [3.8, 4) is 0 Å². The van der Waals surface area contributed by atoms with Gasteiger partial charge in [-0.25, -0.2) is 13.8 Å². The van der Waals surface area contributed by atoms with Crippen LogP contribution in [0.2, 0.25) is 0 Å². The van der Waals surface area contributed by atoms with Crippen LogP contribution in [0.15, 0.2) is 12.1 Å². The first-order valence-corrected chi connectivity index (χ1v) is 8.49. The van der Waals surface area contributed by atoms with Crippen LogP contribution in [0.3, 0.4) is 0 Å². The van der Waals surface area contributed by atoms with Gasteiger partial charge in [0, 0.05) is 25.1 Å². The number of anilines is 1. The van der Waals surface area contributed by atoms with Crippen LogP contribution in [-0.2, 0) is 4.79 Å². The summed E-state index contributed by atoms with van der Waals surface area (Å²) in [7, 11) is 3.86. The number of thiazole rings is 1. The first-order chi connectivity index (χ1) is 11.0. The molecule has 4 nitrogen and oxygen atoms in total. The molecule has 1 fully saturated rings. The first-order valence-electron chi connectivity index (χ1n) is 7.67. The van der Waals surface area contributed by atoms with Crippen molar-refractivity contribution < 1.29 is 13.6 Å². The van der Waals surface area contributed by atoms with Gasteiger partial charge in [0.25, 0.3) is 0 Å². The second-order valence-electron chi connectivity index (χ2n) is 6.15. The second-order valence-corrected chi connectivity index (χ2v) is 7.16. The maximum Gasteiger partial charge on any atom is 0.231 e. The van der Waals surface area contributed by atoms with Crippen molar-refractivity contribution >= 4 is 45.0 Å². The zero-order valence-electron chi connectivity index (χ0n) is 13.6. The van der Waals surface area contributed by atoms with Crippen LogP contribution < -0.4 is 4.90 Å². The van der Waals surface area contributed by atoms with Crippen LogP contribution >= 0.6 is 23.7 Å². The molecule has 3 rings (SSSR count). The molecule has 1 aliphatic carbocycles. The van der Waals surface area contributed by atoms with E-state index in [1.165, 1.54) is 6.07 Å². The molecule has 0 N–H and O–H groups in total. The lowest BCUT2D eigenvalue weighted by molar-refractivity contribution is -0.124. The summed E-state index contributed by atoms with van der Waals surface area (Å²) < 4.78 is 27.7. The highest BCUT2D eigenvalue weighted by Crippen LogP contribution is 2.34. The Labute approximate surface area is 149 Å². The van der Waals surface area contributed by atoms with Gasteiger partial charge in [-0.2, -0.15) is 0 Å². The van der Waals surface area contributed by atoms with Gasteiger partial charge < -0.3 is 4.90 Å². The minimum atomic E-state index is -0.689. The molecule has 132 valence electrons. The summed E-state index contributed by atoms with van der Waals surface area (Å²) in [6, 6.07) is 2.08. The highest BCUT2D eigenvalue weighted by atomic mass is 35.5. The smallest absolute Gasteiger partial charge is 0.231 e. The fourth-order valence-electron chi connectivity index (χ4n) is 2.54. The summed E-state index contributed by atoms with van der Waals surface area (Å²) in [5.41, 5.74) is 0.127. The number of likely N-dealkylation sites (N-methyl/N-ethyl adjacent to an activating group) is 1. The molecule has 1 aromatic heterocycles. The second kappa shape index (κ2) is 7.72. The third-order valence-electron chi connectivity index (χ3n) is 4.12. The molecule has 2 aromatic rings. The van der Waals surface area contributed by atoms with Crippen molar-refractivity contribution in [2.24, 2.45) is 5.92 Å². The lowest BCUT2D eigenvalue weighted by atomic mass is 9.84. The molecule has 0 radical (unpaired) electrons. The highest BCUT2D eigenvalue weighted by Gasteiger charge is 2.31. The number of benzene rings is 1. The predicted molar refractivity (Wildman–Crippen MR) is 95.0 cm³/mol. The van der Waals surface area contributed by atoms with Crippen LogP contribution in [-0.4, -0.2) is 43.0 Å². The molecule has 0 saturated heterocycles. The fourth-order valence-corrected chi connectivity index (χ4v) is 3.57. The lowest BCUT2D eigenvalue weighted by Gasteiger charge is -2.30. The Balaban J connectivity index is 0.00000208. The van der Waals surface area contributed by atoms with Gasteiger partial charge in [-0.1, -0.05) is 17.8 Å². The molecule has 1 aliphatic rings. The van der Waals surface area contributed by atoms with Gasteiger partial charge in [-0.3, -0.25) is 9.69 Å². The molecule has 0 atom stereocenters. The molecule has 1 amide bonds. The molecule has 0 spiro atoms. The zero-order valence-corrected chi connectivity index (χ0v) is 15.2. The Morgan fingerprint density at radius 3 is 2.58 bits per heavy atom. The van der Waals surface area contributed by atoms with E-state index in [1.54, 1.807) is 4.90 Å². The van der Waals surface area contributed by atoms with Crippen molar-refractivity contribution in [2.45, 2.75) is 19.3 Å². The standard InChI is InChI=1S/C16H19F2N3OS.ClH/c1-20(2)6-7-21(15(22)10-4-3-5-10)16-19-14-12(18)8-11(17)9-13(14)23-16;/h8-10H,3-7H2,1-2H3;1H. The average Bonchev–Trinajstić information content (AvgIpc) is 2.80. The minimum absolute atomic E-state index is 0. The number of aromatic nitrogens is 1. The molecule has 8 heteroatoms. The van der Waals surface area contributed by atoms with E-state index in [-0.39, 0.29) is 29.7 Å². The molecule has 1 saturated carbocycles. The van der Waals surface area contributed by atoms with E-state index in [4.69, 9.17) is 0 Å². The van der Waals surface area contributed by atoms with Crippen molar-refractivity contribution in [1.82, 2.24) is 9.88 Å². The van der Waals surface area contributed by atoms with E-state index in [0.717, 1.165) is 36.7 Å². The summed E-state index contributed by atoms with van der Waals surface area (Å²) >= 11 is 1.16. The van der Waals surface area contributed by atoms with Gasteiger partial charge in [-0.15, -0.1) is 12.4 Å². The van der Waals surface area contributed by atoms with Crippen LogP contribution in [0.5, 0.6) is 0 Å².